The summed E-state index contributed by atoms with van der Waals surface area (Å²) in [4.78, 5) is 2.67. The number of nitrogens with one attached hydrogen (secondary N) is 1. The van der Waals surface area contributed by atoms with Gasteiger partial charge in [0.15, 0.2) is 0 Å². The molecular formula is C21H26N2. The highest BCUT2D eigenvalue weighted by molar-refractivity contribution is 5.63. The Morgan fingerprint density at radius 1 is 0.957 bits per heavy atom. The molecule has 2 aromatic carbocycles. The lowest BCUT2D eigenvalue weighted by Crippen LogP contribution is -2.41. The van der Waals surface area contributed by atoms with Gasteiger partial charge in [-0.15, -0.1) is 0 Å². The maximum atomic E-state index is 3.84. The van der Waals surface area contributed by atoms with Gasteiger partial charge in [0.05, 0.1) is 5.54 Å². The summed E-state index contributed by atoms with van der Waals surface area (Å²) in [6, 6.07) is 19.8. The molecule has 0 amide bonds. The minimum absolute atomic E-state index is 0.0254. The summed E-state index contributed by atoms with van der Waals surface area (Å²) in [5.74, 6) is 0.499. The highest BCUT2D eigenvalue weighted by Gasteiger charge is 2.43. The second-order valence-electron chi connectivity index (χ2n) is 7.19. The molecule has 2 aliphatic heterocycles. The number of para-hydroxylation sites is 1. The normalized spacial score (nSPS) is 27.4. The molecule has 2 aromatic rings. The average molecular weight is 306 g/mol. The smallest absolute Gasteiger partial charge is 0.0678 e. The third kappa shape index (κ3) is 2.66. The molecule has 0 saturated carbocycles. The van der Waals surface area contributed by atoms with Gasteiger partial charge in [0.1, 0.15) is 0 Å². The monoisotopic (exact) mass is 306 g/mol. The van der Waals surface area contributed by atoms with Crippen molar-refractivity contribution in [2.45, 2.75) is 37.6 Å². The number of benzene rings is 2. The van der Waals surface area contributed by atoms with Gasteiger partial charge in [-0.25, -0.2) is 0 Å². The van der Waals surface area contributed by atoms with Crippen LogP contribution in [-0.4, -0.2) is 24.5 Å². The maximum absolute atomic E-state index is 3.84. The molecule has 2 nitrogen and oxygen atoms in total. The van der Waals surface area contributed by atoms with Crippen molar-refractivity contribution >= 4 is 5.69 Å². The molecule has 120 valence electrons. The molecule has 0 aliphatic carbocycles. The summed E-state index contributed by atoms with van der Waals surface area (Å²) < 4.78 is 0. The van der Waals surface area contributed by atoms with Gasteiger partial charge in [0, 0.05) is 18.2 Å². The fourth-order valence-corrected chi connectivity index (χ4v) is 4.33. The van der Waals surface area contributed by atoms with Crippen LogP contribution in [0.4, 0.5) is 5.69 Å². The lowest BCUT2D eigenvalue weighted by Gasteiger charge is -2.37. The van der Waals surface area contributed by atoms with E-state index < -0.39 is 0 Å². The zero-order chi connectivity index (χ0) is 15.7. The lowest BCUT2D eigenvalue weighted by atomic mass is 9.78. The number of nitrogens with zero attached hydrogens (tertiary/aromatic N) is 1. The van der Waals surface area contributed by atoms with E-state index in [1.54, 1.807) is 0 Å². The van der Waals surface area contributed by atoms with Crippen LogP contribution in [0.1, 0.15) is 43.2 Å². The first-order chi connectivity index (χ1) is 11.3. The van der Waals surface area contributed by atoms with Crippen molar-refractivity contribution in [3.8, 4) is 0 Å². The Kier molecular flexibility index (Phi) is 3.86. The second-order valence-corrected chi connectivity index (χ2v) is 7.19. The van der Waals surface area contributed by atoms with Gasteiger partial charge >= 0.3 is 0 Å². The largest absolute Gasteiger partial charge is 0.375 e. The fourth-order valence-electron chi connectivity index (χ4n) is 4.33. The van der Waals surface area contributed by atoms with E-state index in [1.807, 2.05) is 0 Å². The van der Waals surface area contributed by atoms with Crippen molar-refractivity contribution in [1.29, 1.82) is 0 Å². The third-order valence-corrected chi connectivity index (χ3v) is 5.69. The predicted octanol–water partition coefficient (Wildman–Crippen LogP) is 4.60. The maximum Gasteiger partial charge on any atom is 0.0678 e. The zero-order valence-electron chi connectivity index (χ0n) is 14.0. The standard InChI is InChI=1S/C21H26N2/c1-21(17-10-4-2-5-11-17)19(16-23-14-8-3-9-15-23)18-12-6-7-13-20(18)22-21/h2,4-7,10-13,19,22H,3,8-9,14-16H2,1H3. The minimum Gasteiger partial charge on any atom is -0.375 e. The van der Waals surface area contributed by atoms with Gasteiger partial charge in [-0.2, -0.15) is 0 Å². The van der Waals surface area contributed by atoms with Crippen LogP contribution >= 0.6 is 0 Å². The Morgan fingerprint density at radius 2 is 1.65 bits per heavy atom. The molecule has 0 aromatic heterocycles. The van der Waals surface area contributed by atoms with Gasteiger partial charge in [-0.3, -0.25) is 0 Å². The molecule has 2 heterocycles. The highest BCUT2D eigenvalue weighted by Crippen LogP contribution is 2.48. The summed E-state index contributed by atoms with van der Waals surface area (Å²) in [5, 5.41) is 3.84. The van der Waals surface area contributed by atoms with Crippen LogP contribution in [0.15, 0.2) is 54.6 Å². The summed E-state index contributed by atoms with van der Waals surface area (Å²) in [6.07, 6.45) is 4.10. The van der Waals surface area contributed by atoms with Crippen molar-refractivity contribution in [1.82, 2.24) is 4.90 Å². The minimum atomic E-state index is -0.0254. The predicted molar refractivity (Wildman–Crippen MR) is 96.9 cm³/mol. The number of fused-ring (bicyclic) bond motifs is 1. The number of likely N-dealkylation sites (tertiary alicyclic amines) is 1. The van der Waals surface area contributed by atoms with Crippen LogP contribution in [0.25, 0.3) is 0 Å². The molecule has 2 unspecified atom stereocenters. The van der Waals surface area contributed by atoms with Crippen LogP contribution in [0.2, 0.25) is 0 Å². The molecule has 2 atom stereocenters. The van der Waals surface area contributed by atoms with E-state index in [0.29, 0.717) is 5.92 Å². The molecule has 1 saturated heterocycles. The number of hydrogen-bond acceptors (Lipinski definition) is 2. The first kappa shape index (κ1) is 14.8. The number of piperidine rings is 1. The van der Waals surface area contributed by atoms with Gasteiger partial charge in [-0.1, -0.05) is 55.0 Å². The first-order valence-corrected chi connectivity index (χ1v) is 8.92. The lowest BCUT2D eigenvalue weighted by molar-refractivity contribution is 0.198. The Labute approximate surface area is 139 Å². The van der Waals surface area contributed by atoms with E-state index in [2.05, 4.69) is 71.7 Å². The van der Waals surface area contributed by atoms with Gasteiger partial charge < -0.3 is 10.2 Å². The van der Waals surface area contributed by atoms with Crippen molar-refractivity contribution in [2.75, 3.05) is 25.0 Å². The van der Waals surface area contributed by atoms with E-state index in [-0.39, 0.29) is 5.54 Å². The van der Waals surface area contributed by atoms with Gasteiger partial charge in [-0.05, 0) is 50.0 Å². The summed E-state index contributed by atoms with van der Waals surface area (Å²) >= 11 is 0. The van der Waals surface area contributed by atoms with Crippen molar-refractivity contribution < 1.29 is 0 Å². The quantitative estimate of drug-likeness (QED) is 0.891. The van der Waals surface area contributed by atoms with Crippen LogP contribution in [0.5, 0.6) is 0 Å². The third-order valence-electron chi connectivity index (χ3n) is 5.69. The van der Waals surface area contributed by atoms with Crippen LogP contribution in [-0.2, 0) is 5.54 Å². The number of hydrogen-bond donors (Lipinski definition) is 1. The van der Waals surface area contributed by atoms with Crippen molar-refractivity contribution in [3.63, 3.8) is 0 Å². The van der Waals surface area contributed by atoms with Crippen molar-refractivity contribution in [3.05, 3.63) is 65.7 Å². The summed E-state index contributed by atoms with van der Waals surface area (Å²) in [6.45, 7) is 6.03. The molecule has 4 rings (SSSR count). The van der Waals surface area contributed by atoms with E-state index in [9.17, 15) is 0 Å². The number of anilines is 1. The molecule has 1 fully saturated rings. The van der Waals surface area contributed by atoms with Crippen LogP contribution < -0.4 is 5.32 Å². The van der Waals surface area contributed by atoms with E-state index in [1.165, 1.54) is 49.2 Å². The second kappa shape index (κ2) is 6.01. The topological polar surface area (TPSA) is 15.3 Å². The van der Waals surface area contributed by atoms with Gasteiger partial charge in [0.2, 0.25) is 0 Å². The summed E-state index contributed by atoms with van der Waals surface area (Å²) in [5.41, 5.74) is 4.14. The molecule has 0 spiro atoms. The molecule has 2 aliphatic rings. The van der Waals surface area contributed by atoms with Gasteiger partial charge in [0.25, 0.3) is 0 Å². The number of rotatable bonds is 3. The molecule has 0 bridgehead atoms. The van der Waals surface area contributed by atoms with E-state index in [4.69, 9.17) is 0 Å². The van der Waals surface area contributed by atoms with Crippen molar-refractivity contribution in [2.24, 2.45) is 0 Å². The molecular weight excluding hydrogens is 280 g/mol. The molecule has 0 radical (unpaired) electrons. The Bertz CT molecular complexity index is 661. The Morgan fingerprint density at radius 3 is 2.43 bits per heavy atom. The van der Waals surface area contributed by atoms with Crippen LogP contribution in [0.3, 0.4) is 0 Å². The SMILES string of the molecule is CC1(c2ccccc2)Nc2ccccc2C1CN1CCCCC1. The molecule has 2 heteroatoms. The fraction of sp³-hybridized carbons (Fsp3) is 0.429. The molecule has 1 N–H and O–H groups in total. The molecule has 23 heavy (non-hydrogen) atoms. The van der Waals surface area contributed by atoms with E-state index in [0.717, 1.165) is 6.54 Å². The Balaban J connectivity index is 1.70. The van der Waals surface area contributed by atoms with Crippen LogP contribution in [0, 0.1) is 0 Å². The first-order valence-electron chi connectivity index (χ1n) is 8.92. The Hall–Kier alpha value is -1.80. The average Bonchev–Trinajstić information content (AvgIpc) is 2.90. The van der Waals surface area contributed by atoms with E-state index >= 15 is 0 Å². The highest BCUT2D eigenvalue weighted by atomic mass is 15.1. The zero-order valence-corrected chi connectivity index (χ0v) is 14.0. The summed E-state index contributed by atoms with van der Waals surface area (Å²) in [7, 11) is 0.